The Morgan fingerprint density at radius 2 is 2.05 bits per heavy atom. The zero-order chi connectivity index (χ0) is 16.3. The van der Waals surface area contributed by atoms with Crippen LogP contribution in [0.25, 0.3) is 0 Å². The Hall–Kier alpha value is -1.75. The van der Waals surface area contributed by atoms with Crippen LogP contribution < -0.4 is 15.4 Å². The Morgan fingerprint density at radius 3 is 2.68 bits per heavy atom. The molecule has 2 rings (SSSR count). The van der Waals surface area contributed by atoms with Crippen LogP contribution in [-0.4, -0.2) is 30.9 Å². The van der Waals surface area contributed by atoms with Gasteiger partial charge in [0, 0.05) is 18.1 Å². The first kappa shape index (κ1) is 16.6. The number of hydrogen-bond donors (Lipinski definition) is 2. The molecule has 5 nitrogen and oxygen atoms in total. The van der Waals surface area contributed by atoms with Crippen molar-refractivity contribution < 1.29 is 14.3 Å². The maximum Gasteiger partial charge on any atom is 0.407 e. The average Bonchev–Trinajstić information content (AvgIpc) is 3.14. The Bertz CT molecular complexity index is 525. The van der Waals surface area contributed by atoms with Crippen LogP contribution >= 0.6 is 0 Å². The van der Waals surface area contributed by atoms with Gasteiger partial charge in [0.25, 0.3) is 0 Å². The summed E-state index contributed by atoms with van der Waals surface area (Å²) in [6.45, 7) is 7.69. The highest BCUT2D eigenvalue weighted by molar-refractivity contribution is 5.68. The van der Waals surface area contributed by atoms with Crippen LogP contribution in [0.1, 0.15) is 45.7 Å². The minimum absolute atomic E-state index is 0.142. The lowest BCUT2D eigenvalue weighted by Crippen LogP contribution is -2.37. The molecule has 22 heavy (non-hydrogen) atoms. The molecule has 0 bridgehead atoms. The molecule has 3 unspecified atom stereocenters. The fraction of sp³-hybridized carbons (Fsp3) is 0.588. The molecule has 0 saturated heterocycles. The lowest BCUT2D eigenvalue weighted by atomic mass is 10.1. The van der Waals surface area contributed by atoms with Crippen molar-refractivity contribution in [1.82, 2.24) is 10.6 Å². The summed E-state index contributed by atoms with van der Waals surface area (Å²) in [7, 11) is 1.67. The van der Waals surface area contributed by atoms with E-state index in [1.807, 2.05) is 39.0 Å². The number of hydrogen-bond acceptors (Lipinski definition) is 4. The summed E-state index contributed by atoms with van der Waals surface area (Å²) in [5.74, 6) is 0.852. The smallest absolute Gasteiger partial charge is 0.407 e. The van der Waals surface area contributed by atoms with Crippen molar-refractivity contribution in [2.75, 3.05) is 7.11 Å². The zero-order valence-electron chi connectivity index (χ0n) is 14.0. The molecule has 5 heteroatoms. The summed E-state index contributed by atoms with van der Waals surface area (Å²) in [5.41, 5.74) is 0.706. The molecular weight excluding hydrogens is 280 g/mol. The highest BCUT2D eigenvalue weighted by atomic mass is 16.6. The number of carbonyl (C=O) groups is 1. The maximum atomic E-state index is 11.7. The van der Waals surface area contributed by atoms with E-state index in [2.05, 4.69) is 23.6 Å². The van der Waals surface area contributed by atoms with Crippen molar-refractivity contribution in [3.8, 4) is 5.75 Å². The topological polar surface area (TPSA) is 59.6 Å². The van der Waals surface area contributed by atoms with Crippen LogP contribution in [0.3, 0.4) is 0 Å². The van der Waals surface area contributed by atoms with Crippen molar-refractivity contribution in [2.45, 2.75) is 57.8 Å². The van der Waals surface area contributed by atoms with Gasteiger partial charge < -0.3 is 20.1 Å². The highest BCUT2D eigenvalue weighted by Crippen LogP contribution is 2.27. The van der Waals surface area contributed by atoms with Crippen LogP contribution in [0.15, 0.2) is 24.3 Å². The van der Waals surface area contributed by atoms with Crippen LogP contribution in [0.2, 0.25) is 0 Å². The first-order valence-electron chi connectivity index (χ1n) is 7.68. The number of amides is 1. The monoisotopic (exact) mass is 306 g/mol. The van der Waals surface area contributed by atoms with Gasteiger partial charge in [0.15, 0.2) is 0 Å². The SMILES string of the molecule is COc1cccc(C(C)NC2CC2NC(=O)OC(C)(C)C)c1. The van der Waals surface area contributed by atoms with Crippen molar-refractivity contribution in [3.05, 3.63) is 29.8 Å². The molecule has 1 aliphatic carbocycles. The van der Waals surface area contributed by atoms with Crippen LogP contribution in [0.4, 0.5) is 4.79 Å². The van der Waals surface area contributed by atoms with Gasteiger partial charge in [-0.05, 0) is 51.8 Å². The molecule has 0 spiro atoms. The summed E-state index contributed by atoms with van der Waals surface area (Å²) >= 11 is 0. The third-order valence-corrected chi connectivity index (χ3v) is 3.55. The van der Waals surface area contributed by atoms with Gasteiger partial charge in [0.1, 0.15) is 11.4 Å². The Morgan fingerprint density at radius 1 is 1.32 bits per heavy atom. The van der Waals surface area contributed by atoms with Crippen molar-refractivity contribution in [3.63, 3.8) is 0 Å². The second-order valence-corrected chi connectivity index (χ2v) is 6.76. The number of ether oxygens (including phenoxy) is 2. The molecule has 1 fully saturated rings. The number of rotatable bonds is 5. The van der Waals surface area contributed by atoms with Gasteiger partial charge >= 0.3 is 6.09 Å². The fourth-order valence-corrected chi connectivity index (χ4v) is 2.33. The highest BCUT2D eigenvalue weighted by Gasteiger charge is 2.40. The summed E-state index contributed by atoms with van der Waals surface area (Å²) in [4.78, 5) is 11.7. The van der Waals surface area contributed by atoms with E-state index >= 15 is 0 Å². The molecule has 0 aliphatic heterocycles. The first-order valence-corrected chi connectivity index (χ1v) is 7.68. The second kappa shape index (κ2) is 6.57. The molecule has 1 aromatic carbocycles. The third kappa shape index (κ3) is 4.91. The minimum atomic E-state index is -0.463. The van der Waals surface area contributed by atoms with Gasteiger partial charge in [0.05, 0.1) is 7.11 Å². The molecule has 1 saturated carbocycles. The quantitative estimate of drug-likeness (QED) is 0.878. The van der Waals surface area contributed by atoms with E-state index in [0.717, 1.165) is 12.2 Å². The summed E-state index contributed by atoms with van der Waals surface area (Å²) in [6.07, 6.45) is 0.573. The molecule has 1 amide bonds. The predicted molar refractivity (Wildman–Crippen MR) is 86.1 cm³/mol. The second-order valence-electron chi connectivity index (χ2n) is 6.76. The van der Waals surface area contributed by atoms with Crippen LogP contribution in [0, 0.1) is 0 Å². The van der Waals surface area contributed by atoms with Crippen molar-refractivity contribution in [1.29, 1.82) is 0 Å². The van der Waals surface area contributed by atoms with Gasteiger partial charge in [-0.25, -0.2) is 4.79 Å². The summed E-state index contributed by atoms with van der Waals surface area (Å²) in [5, 5.41) is 6.41. The first-order chi connectivity index (χ1) is 10.3. The summed E-state index contributed by atoms with van der Waals surface area (Å²) < 4.78 is 10.5. The number of carbonyl (C=O) groups excluding carboxylic acids is 1. The van der Waals surface area contributed by atoms with Gasteiger partial charge in [-0.2, -0.15) is 0 Å². The molecule has 2 N–H and O–H groups in total. The largest absolute Gasteiger partial charge is 0.497 e. The van der Waals surface area contributed by atoms with Crippen LogP contribution in [0.5, 0.6) is 5.75 Å². The van der Waals surface area contributed by atoms with Crippen molar-refractivity contribution >= 4 is 6.09 Å². The molecular formula is C17H26N2O3. The van der Waals surface area contributed by atoms with E-state index in [-0.39, 0.29) is 24.2 Å². The van der Waals surface area contributed by atoms with E-state index in [0.29, 0.717) is 0 Å². The standard InChI is InChI=1S/C17H26N2O3/c1-11(12-7-6-8-13(9-12)21-5)18-14-10-15(14)19-16(20)22-17(2,3)4/h6-9,11,14-15,18H,10H2,1-5H3,(H,19,20). The molecule has 1 aromatic rings. The van der Waals surface area contributed by atoms with E-state index in [1.165, 1.54) is 5.56 Å². The molecule has 0 radical (unpaired) electrons. The Balaban J connectivity index is 1.80. The molecule has 0 heterocycles. The van der Waals surface area contributed by atoms with Gasteiger partial charge in [-0.15, -0.1) is 0 Å². The van der Waals surface area contributed by atoms with E-state index in [4.69, 9.17) is 9.47 Å². The van der Waals surface area contributed by atoms with Crippen molar-refractivity contribution in [2.24, 2.45) is 0 Å². The zero-order valence-corrected chi connectivity index (χ0v) is 14.0. The van der Waals surface area contributed by atoms with Gasteiger partial charge in [-0.1, -0.05) is 12.1 Å². The number of methoxy groups -OCH3 is 1. The Kier molecular flexibility index (Phi) is 4.96. The normalized spacial score (nSPS) is 21.9. The van der Waals surface area contributed by atoms with E-state index in [1.54, 1.807) is 7.11 Å². The minimum Gasteiger partial charge on any atom is -0.497 e. The van der Waals surface area contributed by atoms with E-state index < -0.39 is 5.60 Å². The lowest BCUT2D eigenvalue weighted by Gasteiger charge is -2.20. The van der Waals surface area contributed by atoms with Crippen LogP contribution in [-0.2, 0) is 4.74 Å². The summed E-state index contributed by atoms with van der Waals surface area (Å²) in [6, 6.07) is 8.63. The molecule has 122 valence electrons. The maximum absolute atomic E-state index is 11.7. The third-order valence-electron chi connectivity index (χ3n) is 3.55. The lowest BCUT2D eigenvalue weighted by molar-refractivity contribution is 0.0522. The number of nitrogens with one attached hydrogen (secondary N) is 2. The van der Waals surface area contributed by atoms with E-state index in [9.17, 15) is 4.79 Å². The number of alkyl carbamates (subject to hydrolysis) is 1. The Labute approximate surface area is 132 Å². The molecule has 0 aromatic heterocycles. The average molecular weight is 306 g/mol. The predicted octanol–water partition coefficient (Wildman–Crippen LogP) is 3.01. The molecule has 3 atom stereocenters. The van der Waals surface area contributed by atoms with Gasteiger partial charge in [0.2, 0.25) is 0 Å². The fourth-order valence-electron chi connectivity index (χ4n) is 2.33. The van der Waals surface area contributed by atoms with Gasteiger partial charge in [-0.3, -0.25) is 0 Å². The number of benzene rings is 1. The molecule has 1 aliphatic rings.